The lowest BCUT2D eigenvalue weighted by atomic mass is 9.76. The van der Waals surface area contributed by atoms with Crippen LogP contribution in [0.2, 0.25) is 0 Å². The number of aliphatic hydroxyl groups excluding tert-OH is 1. The highest BCUT2D eigenvalue weighted by Crippen LogP contribution is 2.33. The van der Waals surface area contributed by atoms with Crippen LogP contribution in [0.4, 0.5) is 0 Å². The van der Waals surface area contributed by atoms with Crippen molar-refractivity contribution in [3.63, 3.8) is 0 Å². The molecule has 19 heavy (non-hydrogen) atoms. The van der Waals surface area contributed by atoms with Crippen LogP contribution in [0.3, 0.4) is 0 Å². The molecule has 0 unspecified atom stereocenters. The van der Waals surface area contributed by atoms with Crippen LogP contribution in [0, 0.1) is 12.3 Å². The molecule has 0 radical (unpaired) electrons. The molecule has 1 aromatic rings. The van der Waals surface area contributed by atoms with Crippen molar-refractivity contribution in [2.75, 3.05) is 19.8 Å². The summed E-state index contributed by atoms with van der Waals surface area (Å²) in [6.07, 6.45) is 0. The fourth-order valence-electron chi connectivity index (χ4n) is 2.26. The number of ketones is 1. The van der Waals surface area contributed by atoms with E-state index in [1.165, 1.54) is 0 Å². The topological polar surface area (TPSA) is 46.5 Å². The zero-order chi connectivity index (χ0) is 14.3. The molecule has 3 nitrogen and oxygen atoms in total. The second-order valence-corrected chi connectivity index (χ2v) is 6.54. The van der Waals surface area contributed by atoms with Crippen molar-refractivity contribution < 1.29 is 14.6 Å². The van der Waals surface area contributed by atoms with Gasteiger partial charge < -0.3 is 9.84 Å². The number of aliphatic hydroxyl groups is 1. The van der Waals surface area contributed by atoms with E-state index in [9.17, 15) is 9.90 Å². The molecule has 1 heterocycles. The summed E-state index contributed by atoms with van der Waals surface area (Å²) in [7, 11) is 0. The van der Waals surface area contributed by atoms with E-state index < -0.39 is 5.41 Å². The molecule has 0 aliphatic carbocycles. The first kappa shape index (κ1) is 14.2. The number of ether oxygens (including phenoxy) is 1. The predicted molar refractivity (Wildman–Crippen MR) is 74.5 cm³/mol. The van der Waals surface area contributed by atoms with E-state index in [0.717, 1.165) is 11.1 Å². The van der Waals surface area contributed by atoms with Crippen molar-refractivity contribution in [2.45, 2.75) is 33.1 Å². The number of Topliss-reactive ketones (excluding diaryl/α,β-unsaturated/α-hetero) is 1. The van der Waals surface area contributed by atoms with Gasteiger partial charge in [-0.25, -0.2) is 0 Å². The second kappa shape index (κ2) is 4.73. The van der Waals surface area contributed by atoms with Crippen LogP contribution >= 0.6 is 0 Å². The Hall–Kier alpha value is -1.19. The van der Waals surface area contributed by atoms with Crippen LogP contribution in [0.15, 0.2) is 18.2 Å². The Labute approximate surface area is 114 Å². The maximum atomic E-state index is 12.6. The van der Waals surface area contributed by atoms with Gasteiger partial charge in [-0.05, 0) is 29.5 Å². The minimum atomic E-state index is -0.721. The minimum absolute atomic E-state index is 0.00449. The van der Waals surface area contributed by atoms with Gasteiger partial charge in [0.25, 0.3) is 0 Å². The summed E-state index contributed by atoms with van der Waals surface area (Å²) >= 11 is 0. The quantitative estimate of drug-likeness (QED) is 0.851. The number of hydrogen-bond donors (Lipinski definition) is 1. The first-order valence-corrected chi connectivity index (χ1v) is 6.65. The van der Waals surface area contributed by atoms with Gasteiger partial charge in [-0.1, -0.05) is 32.9 Å². The SMILES string of the molecule is Cc1ccc(C(C)(C)C)cc1C(=O)C1(CO)COC1. The molecule has 1 aliphatic rings. The Bertz CT molecular complexity index is 488. The molecular formula is C16H22O3. The monoisotopic (exact) mass is 262 g/mol. The Balaban J connectivity index is 2.42. The van der Waals surface area contributed by atoms with Crippen molar-refractivity contribution in [3.8, 4) is 0 Å². The third kappa shape index (κ3) is 2.45. The minimum Gasteiger partial charge on any atom is -0.395 e. The molecule has 1 saturated heterocycles. The number of carbonyl (C=O) groups is 1. The van der Waals surface area contributed by atoms with Crippen molar-refractivity contribution in [1.29, 1.82) is 0 Å². The molecule has 3 heteroatoms. The summed E-state index contributed by atoms with van der Waals surface area (Å²) < 4.78 is 5.13. The van der Waals surface area contributed by atoms with Gasteiger partial charge in [-0.2, -0.15) is 0 Å². The average Bonchev–Trinajstić information content (AvgIpc) is 2.27. The zero-order valence-corrected chi connectivity index (χ0v) is 12.1. The first-order valence-electron chi connectivity index (χ1n) is 6.65. The van der Waals surface area contributed by atoms with Gasteiger partial charge >= 0.3 is 0 Å². The van der Waals surface area contributed by atoms with E-state index in [-0.39, 0.29) is 17.8 Å². The highest BCUT2D eigenvalue weighted by Gasteiger charge is 2.46. The summed E-state index contributed by atoms with van der Waals surface area (Å²) in [6, 6.07) is 6.01. The summed E-state index contributed by atoms with van der Waals surface area (Å²) in [4.78, 5) is 12.6. The van der Waals surface area contributed by atoms with E-state index in [2.05, 4.69) is 26.8 Å². The average molecular weight is 262 g/mol. The Morgan fingerprint density at radius 2 is 2.00 bits per heavy atom. The van der Waals surface area contributed by atoms with Crippen LogP contribution in [0.25, 0.3) is 0 Å². The largest absolute Gasteiger partial charge is 0.395 e. The van der Waals surface area contributed by atoms with Crippen LogP contribution in [0.1, 0.15) is 42.3 Å². The fourth-order valence-corrected chi connectivity index (χ4v) is 2.26. The van der Waals surface area contributed by atoms with Gasteiger partial charge in [0.05, 0.1) is 19.8 Å². The molecule has 0 bridgehead atoms. The van der Waals surface area contributed by atoms with Gasteiger partial charge in [0.1, 0.15) is 5.41 Å². The molecule has 1 N–H and O–H groups in total. The van der Waals surface area contributed by atoms with E-state index in [4.69, 9.17) is 4.74 Å². The van der Waals surface area contributed by atoms with Gasteiger partial charge in [0, 0.05) is 5.56 Å². The van der Waals surface area contributed by atoms with Gasteiger partial charge in [0.15, 0.2) is 5.78 Å². The first-order chi connectivity index (χ1) is 8.80. The van der Waals surface area contributed by atoms with Crippen molar-refractivity contribution in [1.82, 2.24) is 0 Å². The van der Waals surface area contributed by atoms with Crippen LogP contribution in [-0.2, 0) is 10.2 Å². The lowest BCUT2D eigenvalue weighted by molar-refractivity contribution is -0.109. The van der Waals surface area contributed by atoms with Crippen LogP contribution in [0.5, 0.6) is 0 Å². The normalized spacial score (nSPS) is 17.9. The highest BCUT2D eigenvalue weighted by atomic mass is 16.5. The molecule has 104 valence electrons. The molecule has 0 saturated carbocycles. The Kier molecular flexibility index (Phi) is 3.54. The third-order valence-corrected chi connectivity index (χ3v) is 3.89. The smallest absolute Gasteiger partial charge is 0.176 e. The number of benzene rings is 1. The summed E-state index contributed by atoms with van der Waals surface area (Å²) in [5.74, 6) is 0.00449. The van der Waals surface area contributed by atoms with Crippen molar-refractivity contribution in [2.24, 2.45) is 5.41 Å². The fraction of sp³-hybridized carbons (Fsp3) is 0.562. The summed E-state index contributed by atoms with van der Waals surface area (Å²) in [5.41, 5.74) is 2.09. The highest BCUT2D eigenvalue weighted by molar-refractivity contribution is 6.02. The standard InChI is InChI=1S/C16H22O3/c1-11-5-6-12(15(2,3)4)7-13(11)14(18)16(8-17)9-19-10-16/h5-7,17H,8-10H2,1-4H3. The maximum Gasteiger partial charge on any atom is 0.176 e. The van der Waals surface area contributed by atoms with Crippen molar-refractivity contribution >= 4 is 5.78 Å². The lowest BCUT2D eigenvalue weighted by Gasteiger charge is -2.38. The molecule has 0 aromatic heterocycles. The predicted octanol–water partition coefficient (Wildman–Crippen LogP) is 2.48. The van der Waals surface area contributed by atoms with E-state index >= 15 is 0 Å². The second-order valence-electron chi connectivity index (χ2n) is 6.54. The Morgan fingerprint density at radius 3 is 2.42 bits per heavy atom. The number of aryl methyl sites for hydroxylation is 1. The lowest BCUT2D eigenvalue weighted by Crippen LogP contribution is -2.52. The molecule has 0 atom stereocenters. The van der Waals surface area contributed by atoms with E-state index in [1.807, 2.05) is 19.1 Å². The van der Waals surface area contributed by atoms with Gasteiger partial charge in [-0.15, -0.1) is 0 Å². The molecule has 1 aliphatic heterocycles. The van der Waals surface area contributed by atoms with Crippen LogP contribution in [-0.4, -0.2) is 30.7 Å². The third-order valence-electron chi connectivity index (χ3n) is 3.89. The number of hydrogen-bond acceptors (Lipinski definition) is 3. The van der Waals surface area contributed by atoms with Crippen molar-refractivity contribution in [3.05, 3.63) is 34.9 Å². The van der Waals surface area contributed by atoms with E-state index in [1.54, 1.807) is 0 Å². The maximum absolute atomic E-state index is 12.6. The zero-order valence-electron chi connectivity index (χ0n) is 12.1. The van der Waals surface area contributed by atoms with Crippen LogP contribution < -0.4 is 0 Å². The molecule has 2 rings (SSSR count). The summed E-state index contributed by atoms with van der Waals surface area (Å²) in [6.45, 7) is 8.80. The van der Waals surface area contributed by atoms with Gasteiger partial charge in [-0.3, -0.25) is 4.79 Å². The molecular weight excluding hydrogens is 240 g/mol. The molecule has 0 spiro atoms. The number of carbonyl (C=O) groups excluding carboxylic acids is 1. The molecule has 1 fully saturated rings. The molecule has 0 amide bonds. The Morgan fingerprint density at radius 1 is 1.37 bits per heavy atom. The van der Waals surface area contributed by atoms with Gasteiger partial charge in [0.2, 0.25) is 0 Å². The van der Waals surface area contributed by atoms with E-state index in [0.29, 0.717) is 18.8 Å². The number of rotatable bonds is 3. The summed E-state index contributed by atoms with van der Waals surface area (Å²) in [5, 5.41) is 9.49. The molecule has 1 aromatic carbocycles.